The SMILES string of the molecule is COCCn1c(C)cc(/C=N/NC(=O)c2nn(C)c(=O)c3ccccc23)c1C. The monoisotopic (exact) mass is 381 g/mol. The summed E-state index contributed by atoms with van der Waals surface area (Å²) >= 11 is 0. The van der Waals surface area contributed by atoms with Crippen LogP contribution >= 0.6 is 0 Å². The van der Waals surface area contributed by atoms with E-state index in [1.165, 1.54) is 7.05 Å². The molecule has 3 aromatic rings. The molecule has 8 nitrogen and oxygen atoms in total. The van der Waals surface area contributed by atoms with Gasteiger partial charge in [0.2, 0.25) is 0 Å². The van der Waals surface area contributed by atoms with Crippen LogP contribution in [-0.2, 0) is 18.3 Å². The van der Waals surface area contributed by atoms with Crippen molar-refractivity contribution in [1.82, 2.24) is 19.8 Å². The second kappa shape index (κ2) is 8.18. The number of methoxy groups -OCH3 is 1. The van der Waals surface area contributed by atoms with Crippen molar-refractivity contribution < 1.29 is 9.53 Å². The van der Waals surface area contributed by atoms with Crippen molar-refractivity contribution in [3.05, 3.63) is 63.3 Å². The van der Waals surface area contributed by atoms with Gasteiger partial charge in [-0.15, -0.1) is 0 Å². The molecular weight excluding hydrogens is 358 g/mol. The number of ether oxygens (including phenoxy) is 1. The predicted octanol–water partition coefficient (Wildman–Crippen LogP) is 1.76. The number of benzene rings is 1. The summed E-state index contributed by atoms with van der Waals surface area (Å²) in [6.45, 7) is 5.38. The number of carbonyl (C=O) groups excluding carboxylic acids is 1. The molecule has 0 fully saturated rings. The highest BCUT2D eigenvalue weighted by Crippen LogP contribution is 2.14. The van der Waals surface area contributed by atoms with Gasteiger partial charge in [0.05, 0.1) is 18.2 Å². The normalized spacial score (nSPS) is 11.4. The molecule has 28 heavy (non-hydrogen) atoms. The Bertz CT molecular complexity index is 1110. The first-order valence-electron chi connectivity index (χ1n) is 8.89. The molecule has 2 aromatic heterocycles. The fraction of sp³-hybridized carbons (Fsp3) is 0.300. The predicted molar refractivity (Wildman–Crippen MR) is 108 cm³/mol. The quantitative estimate of drug-likeness (QED) is 0.520. The summed E-state index contributed by atoms with van der Waals surface area (Å²) < 4.78 is 8.43. The first-order valence-corrected chi connectivity index (χ1v) is 8.89. The van der Waals surface area contributed by atoms with E-state index in [1.807, 2.05) is 19.9 Å². The molecule has 1 N–H and O–H groups in total. The molecule has 3 rings (SSSR count). The number of aromatic nitrogens is 3. The Morgan fingerprint density at radius 3 is 2.71 bits per heavy atom. The van der Waals surface area contributed by atoms with Crippen LogP contribution in [-0.4, -0.2) is 40.2 Å². The van der Waals surface area contributed by atoms with Gasteiger partial charge in [0.15, 0.2) is 5.69 Å². The highest BCUT2D eigenvalue weighted by molar-refractivity contribution is 6.04. The molecule has 0 bridgehead atoms. The number of hydrogen-bond acceptors (Lipinski definition) is 5. The lowest BCUT2D eigenvalue weighted by molar-refractivity contribution is 0.0950. The molecule has 0 unspecified atom stereocenters. The summed E-state index contributed by atoms with van der Waals surface area (Å²) in [5.41, 5.74) is 5.45. The minimum Gasteiger partial charge on any atom is -0.383 e. The van der Waals surface area contributed by atoms with Gasteiger partial charge in [-0.3, -0.25) is 9.59 Å². The number of fused-ring (bicyclic) bond motifs is 1. The molecule has 0 spiro atoms. The standard InChI is InChI=1S/C20H23N5O3/c1-13-11-15(14(2)25(13)9-10-28-4)12-21-22-19(26)18-16-7-5-6-8-17(16)20(27)24(3)23-18/h5-8,11-12H,9-10H2,1-4H3,(H,22,26)/b21-12+. The number of nitrogens with zero attached hydrogens (tertiary/aromatic N) is 4. The van der Waals surface area contributed by atoms with E-state index < -0.39 is 5.91 Å². The molecule has 0 radical (unpaired) electrons. The highest BCUT2D eigenvalue weighted by atomic mass is 16.5. The zero-order valence-electron chi connectivity index (χ0n) is 16.4. The Balaban J connectivity index is 1.83. The van der Waals surface area contributed by atoms with Gasteiger partial charge in [0, 0.05) is 43.0 Å². The molecule has 0 saturated heterocycles. The molecule has 0 aliphatic heterocycles. The van der Waals surface area contributed by atoms with Gasteiger partial charge in [-0.1, -0.05) is 18.2 Å². The van der Waals surface area contributed by atoms with Crippen molar-refractivity contribution in [2.24, 2.45) is 12.1 Å². The van der Waals surface area contributed by atoms with Crippen molar-refractivity contribution in [3.63, 3.8) is 0 Å². The third-order valence-electron chi connectivity index (χ3n) is 4.67. The number of aryl methyl sites for hydroxylation is 2. The first-order chi connectivity index (χ1) is 13.4. The number of rotatable bonds is 6. The Morgan fingerprint density at radius 2 is 2.00 bits per heavy atom. The smallest absolute Gasteiger partial charge is 0.292 e. The summed E-state index contributed by atoms with van der Waals surface area (Å²) in [6.07, 6.45) is 1.60. The van der Waals surface area contributed by atoms with Crippen LogP contribution in [0.25, 0.3) is 10.8 Å². The second-order valence-electron chi connectivity index (χ2n) is 6.49. The molecule has 0 saturated carbocycles. The van der Waals surface area contributed by atoms with Crippen LogP contribution < -0.4 is 11.0 Å². The van der Waals surface area contributed by atoms with E-state index in [0.29, 0.717) is 17.4 Å². The van der Waals surface area contributed by atoms with E-state index >= 15 is 0 Å². The van der Waals surface area contributed by atoms with Crippen LogP contribution in [0.3, 0.4) is 0 Å². The van der Waals surface area contributed by atoms with Gasteiger partial charge in [-0.25, -0.2) is 10.1 Å². The Morgan fingerprint density at radius 1 is 1.29 bits per heavy atom. The minimum absolute atomic E-state index is 0.153. The van der Waals surface area contributed by atoms with Gasteiger partial charge in [-0.2, -0.15) is 10.2 Å². The van der Waals surface area contributed by atoms with Gasteiger partial charge in [-0.05, 0) is 26.0 Å². The van der Waals surface area contributed by atoms with E-state index in [4.69, 9.17) is 4.74 Å². The van der Waals surface area contributed by atoms with E-state index in [1.54, 1.807) is 37.6 Å². The lowest BCUT2D eigenvalue weighted by Gasteiger charge is -2.08. The first kappa shape index (κ1) is 19.5. The van der Waals surface area contributed by atoms with E-state index in [-0.39, 0.29) is 11.3 Å². The summed E-state index contributed by atoms with van der Waals surface area (Å²) in [4.78, 5) is 24.8. The van der Waals surface area contributed by atoms with E-state index in [0.717, 1.165) is 28.2 Å². The van der Waals surface area contributed by atoms with Crippen molar-refractivity contribution in [2.75, 3.05) is 13.7 Å². The van der Waals surface area contributed by atoms with Crippen LogP contribution in [0.2, 0.25) is 0 Å². The van der Waals surface area contributed by atoms with Crippen molar-refractivity contribution in [2.45, 2.75) is 20.4 Å². The molecule has 8 heteroatoms. The van der Waals surface area contributed by atoms with Crippen LogP contribution in [0.1, 0.15) is 27.4 Å². The Hall–Kier alpha value is -3.26. The number of amides is 1. The molecule has 1 aromatic carbocycles. The molecule has 1 amide bonds. The summed E-state index contributed by atoms with van der Waals surface area (Å²) in [6, 6.07) is 8.89. The molecule has 0 aliphatic carbocycles. The number of nitrogens with one attached hydrogen (secondary N) is 1. The maximum Gasteiger partial charge on any atom is 0.292 e. The van der Waals surface area contributed by atoms with Crippen LogP contribution in [0, 0.1) is 13.8 Å². The summed E-state index contributed by atoms with van der Waals surface area (Å²) in [5, 5.41) is 9.11. The number of carbonyl (C=O) groups is 1. The summed E-state index contributed by atoms with van der Waals surface area (Å²) in [7, 11) is 3.19. The van der Waals surface area contributed by atoms with Gasteiger partial charge in [0.1, 0.15) is 0 Å². The highest BCUT2D eigenvalue weighted by Gasteiger charge is 2.15. The largest absolute Gasteiger partial charge is 0.383 e. The molecule has 0 aliphatic rings. The van der Waals surface area contributed by atoms with Crippen molar-refractivity contribution in [1.29, 1.82) is 0 Å². The van der Waals surface area contributed by atoms with Crippen LogP contribution in [0.4, 0.5) is 0 Å². The Kier molecular flexibility index (Phi) is 5.70. The van der Waals surface area contributed by atoms with Crippen LogP contribution in [0.5, 0.6) is 0 Å². The summed E-state index contributed by atoms with van der Waals surface area (Å²) in [5.74, 6) is -0.476. The molecule has 146 valence electrons. The third-order valence-corrected chi connectivity index (χ3v) is 4.67. The third kappa shape index (κ3) is 3.72. The van der Waals surface area contributed by atoms with E-state index in [9.17, 15) is 9.59 Å². The molecule has 2 heterocycles. The maximum absolute atomic E-state index is 12.6. The van der Waals surface area contributed by atoms with Crippen LogP contribution in [0.15, 0.2) is 40.2 Å². The minimum atomic E-state index is -0.476. The van der Waals surface area contributed by atoms with Crippen molar-refractivity contribution in [3.8, 4) is 0 Å². The van der Waals surface area contributed by atoms with Crippen molar-refractivity contribution >= 4 is 22.9 Å². The van der Waals surface area contributed by atoms with Gasteiger partial charge >= 0.3 is 0 Å². The molecular formula is C20H23N5O3. The average molecular weight is 381 g/mol. The number of hydrogen-bond donors (Lipinski definition) is 1. The lowest BCUT2D eigenvalue weighted by Crippen LogP contribution is -2.27. The Labute approximate surface area is 162 Å². The topological polar surface area (TPSA) is 90.5 Å². The zero-order valence-corrected chi connectivity index (χ0v) is 16.4. The zero-order chi connectivity index (χ0) is 20.3. The fourth-order valence-corrected chi connectivity index (χ4v) is 3.17. The number of hydrazone groups is 1. The van der Waals surface area contributed by atoms with Gasteiger partial charge in [0.25, 0.3) is 11.5 Å². The maximum atomic E-state index is 12.6. The lowest BCUT2D eigenvalue weighted by atomic mass is 10.1. The fourth-order valence-electron chi connectivity index (χ4n) is 3.17. The second-order valence-corrected chi connectivity index (χ2v) is 6.49. The van der Waals surface area contributed by atoms with Gasteiger partial charge < -0.3 is 9.30 Å². The van der Waals surface area contributed by atoms with E-state index in [2.05, 4.69) is 20.2 Å². The molecule has 0 atom stereocenters. The average Bonchev–Trinajstić information content (AvgIpc) is 2.96.